The third kappa shape index (κ3) is 2.40. The smallest absolute Gasteiger partial charge is 0.151 e. The molecule has 1 aliphatic heterocycles. The van der Waals surface area contributed by atoms with Crippen LogP contribution in [0, 0.1) is 0 Å². The molecule has 4 heteroatoms. The standard InChI is InChI=1S/C9H12N2O.ClH/c1-7-6-12-9(11-7)8-4-2-3-5-10-8;/h2-5,7,9,11H,6H2,1H3;1H. The number of pyridine rings is 1. The number of nitrogens with one attached hydrogen (secondary N) is 1. The van der Waals surface area contributed by atoms with Crippen LogP contribution in [0.4, 0.5) is 0 Å². The fourth-order valence-electron chi connectivity index (χ4n) is 1.30. The van der Waals surface area contributed by atoms with Gasteiger partial charge in [-0.1, -0.05) is 6.07 Å². The van der Waals surface area contributed by atoms with E-state index in [1.165, 1.54) is 0 Å². The molecule has 0 radical (unpaired) electrons. The second-order valence-corrected chi connectivity index (χ2v) is 3.04. The van der Waals surface area contributed by atoms with E-state index in [4.69, 9.17) is 4.74 Å². The van der Waals surface area contributed by atoms with Crippen LogP contribution < -0.4 is 5.32 Å². The van der Waals surface area contributed by atoms with E-state index in [1.807, 2.05) is 18.2 Å². The summed E-state index contributed by atoms with van der Waals surface area (Å²) in [7, 11) is 0. The summed E-state index contributed by atoms with van der Waals surface area (Å²) >= 11 is 0. The maximum Gasteiger partial charge on any atom is 0.151 e. The molecule has 0 saturated carbocycles. The summed E-state index contributed by atoms with van der Waals surface area (Å²) in [5.74, 6) is 0. The van der Waals surface area contributed by atoms with Gasteiger partial charge in [0.2, 0.25) is 0 Å². The maximum atomic E-state index is 5.48. The van der Waals surface area contributed by atoms with Crippen LogP contribution in [0.25, 0.3) is 0 Å². The van der Waals surface area contributed by atoms with Gasteiger partial charge in [-0.3, -0.25) is 10.3 Å². The van der Waals surface area contributed by atoms with E-state index in [0.717, 1.165) is 12.3 Å². The summed E-state index contributed by atoms with van der Waals surface area (Å²) in [6, 6.07) is 6.27. The van der Waals surface area contributed by atoms with Gasteiger partial charge in [0.05, 0.1) is 12.3 Å². The highest BCUT2D eigenvalue weighted by Crippen LogP contribution is 2.17. The SMILES string of the molecule is CC1COC(c2ccccn2)N1.Cl. The monoisotopic (exact) mass is 200 g/mol. The Bertz CT molecular complexity index is 255. The van der Waals surface area contributed by atoms with Crippen molar-refractivity contribution in [2.45, 2.75) is 19.2 Å². The molecule has 3 nitrogen and oxygen atoms in total. The number of ether oxygens (including phenoxy) is 1. The van der Waals surface area contributed by atoms with E-state index in [2.05, 4.69) is 17.2 Å². The topological polar surface area (TPSA) is 34.1 Å². The van der Waals surface area contributed by atoms with Gasteiger partial charge in [-0.05, 0) is 19.1 Å². The predicted molar refractivity (Wildman–Crippen MR) is 52.8 cm³/mol. The van der Waals surface area contributed by atoms with Gasteiger partial charge in [-0.15, -0.1) is 12.4 Å². The van der Waals surface area contributed by atoms with Crippen LogP contribution in [0.5, 0.6) is 0 Å². The maximum absolute atomic E-state index is 5.48. The van der Waals surface area contributed by atoms with Gasteiger partial charge in [-0.2, -0.15) is 0 Å². The Morgan fingerprint density at radius 2 is 2.38 bits per heavy atom. The molecule has 0 aromatic carbocycles. The van der Waals surface area contributed by atoms with Crippen molar-refractivity contribution in [1.29, 1.82) is 0 Å². The quantitative estimate of drug-likeness (QED) is 0.747. The number of hydrogen-bond donors (Lipinski definition) is 1. The van der Waals surface area contributed by atoms with Gasteiger partial charge in [-0.25, -0.2) is 0 Å². The van der Waals surface area contributed by atoms with Gasteiger partial charge >= 0.3 is 0 Å². The van der Waals surface area contributed by atoms with Crippen molar-refractivity contribution in [2.75, 3.05) is 6.61 Å². The Kier molecular flexibility index (Phi) is 3.66. The normalized spacial score (nSPS) is 26.8. The molecule has 2 atom stereocenters. The first kappa shape index (κ1) is 10.4. The number of halogens is 1. The highest BCUT2D eigenvalue weighted by Gasteiger charge is 2.22. The molecule has 72 valence electrons. The van der Waals surface area contributed by atoms with E-state index in [9.17, 15) is 0 Å². The van der Waals surface area contributed by atoms with Crippen molar-refractivity contribution < 1.29 is 4.74 Å². The summed E-state index contributed by atoms with van der Waals surface area (Å²) in [5.41, 5.74) is 0.960. The summed E-state index contributed by atoms with van der Waals surface area (Å²) < 4.78 is 5.48. The molecule has 0 amide bonds. The molecule has 1 aromatic heterocycles. The van der Waals surface area contributed by atoms with Gasteiger partial charge in [0.15, 0.2) is 6.23 Å². The molecule has 1 aromatic rings. The van der Waals surface area contributed by atoms with Crippen LogP contribution in [-0.2, 0) is 4.74 Å². The number of nitrogens with zero attached hydrogens (tertiary/aromatic N) is 1. The van der Waals surface area contributed by atoms with Crippen LogP contribution in [0.3, 0.4) is 0 Å². The zero-order valence-electron chi connectivity index (χ0n) is 7.43. The summed E-state index contributed by atoms with van der Waals surface area (Å²) in [4.78, 5) is 4.21. The Morgan fingerprint density at radius 3 is 2.92 bits per heavy atom. The first-order valence-corrected chi connectivity index (χ1v) is 4.15. The second kappa shape index (κ2) is 4.56. The largest absolute Gasteiger partial charge is 0.356 e. The molecule has 0 bridgehead atoms. The summed E-state index contributed by atoms with van der Waals surface area (Å²) in [6.07, 6.45) is 1.77. The van der Waals surface area contributed by atoms with Crippen LogP contribution in [-0.4, -0.2) is 17.6 Å². The molecule has 1 aliphatic rings. The Hall–Kier alpha value is -0.640. The average Bonchev–Trinajstić information content (AvgIpc) is 2.54. The van der Waals surface area contributed by atoms with Crippen LogP contribution in [0.15, 0.2) is 24.4 Å². The van der Waals surface area contributed by atoms with Crippen molar-refractivity contribution in [3.8, 4) is 0 Å². The molecule has 1 saturated heterocycles. The van der Waals surface area contributed by atoms with Crippen LogP contribution in [0.2, 0.25) is 0 Å². The minimum absolute atomic E-state index is 0. The van der Waals surface area contributed by atoms with Crippen molar-refractivity contribution in [1.82, 2.24) is 10.3 Å². The molecular weight excluding hydrogens is 188 g/mol. The Balaban J connectivity index is 0.000000845. The first-order valence-electron chi connectivity index (χ1n) is 4.15. The lowest BCUT2D eigenvalue weighted by Crippen LogP contribution is -2.22. The van der Waals surface area contributed by atoms with E-state index in [0.29, 0.717) is 6.04 Å². The van der Waals surface area contributed by atoms with Gasteiger partial charge < -0.3 is 4.74 Å². The minimum atomic E-state index is -0.0128. The van der Waals surface area contributed by atoms with E-state index in [-0.39, 0.29) is 18.6 Å². The number of aromatic nitrogens is 1. The average molecular weight is 201 g/mol. The van der Waals surface area contributed by atoms with E-state index >= 15 is 0 Å². The highest BCUT2D eigenvalue weighted by atomic mass is 35.5. The Morgan fingerprint density at radius 1 is 1.54 bits per heavy atom. The molecule has 0 aliphatic carbocycles. The van der Waals surface area contributed by atoms with E-state index < -0.39 is 0 Å². The van der Waals surface area contributed by atoms with Crippen LogP contribution in [0.1, 0.15) is 18.8 Å². The predicted octanol–water partition coefficient (Wildman–Crippen LogP) is 1.51. The molecule has 1 N–H and O–H groups in total. The third-order valence-electron chi connectivity index (χ3n) is 1.91. The summed E-state index contributed by atoms with van der Waals surface area (Å²) in [6.45, 7) is 2.87. The molecular formula is C9H13ClN2O. The van der Waals surface area contributed by atoms with Crippen molar-refractivity contribution in [2.24, 2.45) is 0 Å². The highest BCUT2D eigenvalue weighted by molar-refractivity contribution is 5.85. The lowest BCUT2D eigenvalue weighted by molar-refractivity contribution is 0.0976. The van der Waals surface area contributed by atoms with Crippen LogP contribution >= 0.6 is 12.4 Å². The van der Waals surface area contributed by atoms with Gasteiger partial charge in [0.25, 0.3) is 0 Å². The lowest BCUT2D eigenvalue weighted by Gasteiger charge is -2.08. The minimum Gasteiger partial charge on any atom is -0.356 e. The van der Waals surface area contributed by atoms with Gasteiger partial charge in [0.1, 0.15) is 0 Å². The molecule has 13 heavy (non-hydrogen) atoms. The molecule has 2 unspecified atom stereocenters. The van der Waals surface area contributed by atoms with Crippen molar-refractivity contribution in [3.63, 3.8) is 0 Å². The fraction of sp³-hybridized carbons (Fsp3) is 0.444. The second-order valence-electron chi connectivity index (χ2n) is 3.04. The molecule has 0 spiro atoms. The van der Waals surface area contributed by atoms with Crippen molar-refractivity contribution >= 4 is 12.4 Å². The zero-order chi connectivity index (χ0) is 8.39. The van der Waals surface area contributed by atoms with Gasteiger partial charge in [0, 0.05) is 12.2 Å². The third-order valence-corrected chi connectivity index (χ3v) is 1.91. The number of hydrogen-bond acceptors (Lipinski definition) is 3. The fourth-order valence-corrected chi connectivity index (χ4v) is 1.30. The first-order chi connectivity index (χ1) is 5.86. The molecule has 2 heterocycles. The van der Waals surface area contributed by atoms with E-state index in [1.54, 1.807) is 6.20 Å². The molecule has 1 fully saturated rings. The van der Waals surface area contributed by atoms with Crippen molar-refractivity contribution in [3.05, 3.63) is 30.1 Å². The molecule has 2 rings (SSSR count). The Labute approximate surface area is 83.9 Å². The number of rotatable bonds is 1. The zero-order valence-corrected chi connectivity index (χ0v) is 8.25. The summed E-state index contributed by atoms with van der Waals surface area (Å²) in [5, 5.41) is 3.29. The lowest BCUT2D eigenvalue weighted by atomic mass is 10.3.